The highest BCUT2D eigenvalue weighted by atomic mass is 79.9. The van der Waals surface area contributed by atoms with Crippen molar-refractivity contribution in [1.29, 1.82) is 0 Å². The predicted octanol–water partition coefficient (Wildman–Crippen LogP) is 5.39. The third-order valence-corrected chi connectivity index (χ3v) is 6.29. The lowest BCUT2D eigenvalue weighted by molar-refractivity contribution is -0.122. The summed E-state index contributed by atoms with van der Waals surface area (Å²) in [5, 5.41) is 9.96. The van der Waals surface area contributed by atoms with E-state index in [1.54, 1.807) is 23.1 Å². The SMILES string of the molecule is CCOc1cc(C=C2SC(=S)N(CCCc3ccccc3)C2=O)c(Br)cc1O. The average Bonchev–Trinajstić information content (AvgIpc) is 2.94. The predicted molar refractivity (Wildman–Crippen MR) is 122 cm³/mol. The van der Waals surface area contributed by atoms with E-state index in [4.69, 9.17) is 17.0 Å². The maximum atomic E-state index is 12.8. The first kappa shape index (κ1) is 20.9. The normalized spacial score (nSPS) is 15.5. The molecule has 1 heterocycles. The maximum absolute atomic E-state index is 12.8. The highest BCUT2D eigenvalue weighted by Gasteiger charge is 2.31. The van der Waals surface area contributed by atoms with Crippen molar-refractivity contribution >= 4 is 56.2 Å². The van der Waals surface area contributed by atoms with E-state index in [2.05, 4.69) is 28.1 Å². The van der Waals surface area contributed by atoms with Crippen molar-refractivity contribution in [2.75, 3.05) is 13.2 Å². The van der Waals surface area contributed by atoms with Gasteiger partial charge in [-0.2, -0.15) is 0 Å². The van der Waals surface area contributed by atoms with Gasteiger partial charge in [0.25, 0.3) is 5.91 Å². The Hall–Kier alpha value is -1.83. The number of rotatable bonds is 7. The number of ether oxygens (including phenoxy) is 1. The third-order valence-electron chi connectivity index (χ3n) is 4.23. The minimum Gasteiger partial charge on any atom is -0.504 e. The fourth-order valence-electron chi connectivity index (χ4n) is 2.86. The van der Waals surface area contributed by atoms with Crippen molar-refractivity contribution in [2.24, 2.45) is 0 Å². The van der Waals surface area contributed by atoms with Crippen molar-refractivity contribution in [3.63, 3.8) is 0 Å². The molecule has 0 aromatic heterocycles. The fraction of sp³-hybridized carbons (Fsp3) is 0.238. The van der Waals surface area contributed by atoms with Crippen LogP contribution in [0.25, 0.3) is 6.08 Å². The Kier molecular flexibility index (Phi) is 7.15. The van der Waals surface area contributed by atoms with Gasteiger partial charge in [0.1, 0.15) is 4.32 Å². The van der Waals surface area contributed by atoms with Gasteiger partial charge in [0, 0.05) is 11.0 Å². The molecular weight excluding hydrogens is 458 g/mol. The Labute approximate surface area is 182 Å². The Bertz CT molecular complexity index is 915. The number of halogens is 1. The van der Waals surface area contributed by atoms with Gasteiger partial charge in [0.05, 0.1) is 11.5 Å². The molecule has 1 fully saturated rings. The summed E-state index contributed by atoms with van der Waals surface area (Å²) in [6.07, 6.45) is 3.53. The standard InChI is InChI=1S/C21H20BrNO3S2/c1-2-26-18-11-15(16(22)13-17(18)24)12-19-20(25)23(21(27)28-19)10-6-9-14-7-4-3-5-8-14/h3-5,7-8,11-13,24H,2,6,9-10H2,1H3. The maximum Gasteiger partial charge on any atom is 0.266 e. The van der Waals surface area contributed by atoms with Crippen LogP contribution in [0.4, 0.5) is 0 Å². The molecule has 0 atom stereocenters. The zero-order valence-corrected chi connectivity index (χ0v) is 18.6. The molecule has 4 nitrogen and oxygen atoms in total. The Balaban J connectivity index is 1.71. The molecular formula is C21H20BrNO3S2. The van der Waals surface area contributed by atoms with Crippen molar-refractivity contribution in [3.05, 3.63) is 63.0 Å². The molecule has 0 spiro atoms. The van der Waals surface area contributed by atoms with E-state index in [0.29, 0.717) is 32.6 Å². The third kappa shape index (κ3) is 4.96. The molecule has 1 aliphatic heterocycles. The minimum atomic E-state index is -0.0824. The first-order chi connectivity index (χ1) is 13.5. The molecule has 7 heteroatoms. The highest BCUT2D eigenvalue weighted by molar-refractivity contribution is 9.10. The number of aryl methyl sites for hydroxylation is 1. The van der Waals surface area contributed by atoms with Crippen molar-refractivity contribution in [3.8, 4) is 11.5 Å². The monoisotopic (exact) mass is 477 g/mol. The van der Waals surface area contributed by atoms with E-state index in [-0.39, 0.29) is 11.7 Å². The lowest BCUT2D eigenvalue weighted by Gasteiger charge is -2.14. The van der Waals surface area contributed by atoms with Crippen LogP contribution in [0.5, 0.6) is 11.5 Å². The molecule has 1 aliphatic rings. The summed E-state index contributed by atoms with van der Waals surface area (Å²) >= 11 is 10.1. The summed E-state index contributed by atoms with van der Waals surface area (Å²) in [7, 11) is 0. The van der Waals surface area contributed by atoms with Crippen LogP contribution in [0.1, 0.15) is 24.5 Å². The van der Waals surface area contributed by atoms with Crippen LogP contribution in [0.3, 0.4) is 0 Å². The first-order valence-electron chi connectivity index (χ1n) is 8.94. The summed E-state index contributed by atoms with van der Waals surface area (Å²) < 4.78 is 6.69. The van der Waals surface area contributed by atoms with Crippen LogP contribution in [0.2, 0.25) is 0 Å². The van der Waals surface area contributed by atoms with Crippen LogP contribution in [0, 0.1) is 0 Å². The van der Waals surface area contributed by atoms with Gasteiger partial charge in [0.2, 0.25) is 0 Å². The van der Waals surface area contributed by atoms with Gasteiger partial charge in [0.15, 0.2) is 11.5 Å². The molecule has 3 rings (SSSR count). The number of amides is 1. The number of hydrogen-bond acceptors (Lipinski definition) is 5. The highest BCUT2D eigenvalue weighted by Crippen LogP contribution is 2.37. The summed E-state index contributed by atoms with van der Waals surface area (Å²) in [5.41, 5.74) is 2.01. The lowest BCUT2D eigenvalue weighted by atomic mass is 10.1. The largest absolute Gasteiger partial charge is 0.504 e. The molecule has 1 amide bonds. The van der Waals surface area contributed by atoms with Crippen LogP contribution in [-0.4, -0.2) is 33.4 Å². The fourth-order valence-corrected chi connectivity index (χ4v) is 4.61. The van der Waals surface area contributed by atoms with Gasteiger partial charge in [-0.05, 0) is 49.1 Å². The molecule has 0 aliphatic carbocycles. The van der Waals surface area contributed by atoms with E-state index in [1.165, 1.54) is 17.3 Å². The van der Waals surface area contributed by atoms with E-state index < -0.39 is 0 Å². The number of nitrogens with zero attached hydrogens (tertiary/aromatic N) is 1. The summed E-state index contributed by atoms with van der Waals surface area (Å²) in [6.45, 7) is 2.89. The van der Waals surface area contributed by atoms with Crippen LogP contribution in [0.15, 0.2) is 51.8 Å². The molecule has 146 valence electrons. The molecule has 1 N–H and O–H groups in total. The molecule has 0 saturated carbocycles. The number of aromatic hydroxyl groups is 1. The average molecular weight is 478 g/mol. The molecule has 0 radical (unpaired) electrons. The number of thioether (sulfide) groups is 1. The molecule has 1 saturated heterocycles. The summed E-state index contributed by atoms with van der Waals surface area (Å²) in [4.78, 5) is 15.0. The quantitative estimate of drug-likeness (QED) is 0.427. The second kappa shape index (κ2) is 9.58. The van der Waals surface area contributed by atoms with Crippen molar-refractivity contribution < 1.29 is 14.6 Å². The van der Waals surface area contributed by atoms with E-state index >= 15 is 0 Å². The van der Waals surface area contributed by atoms with Crippen molar-refractivity contribution in [2.45, 2.75) is 19.8 Å². The van der Waals surface area contributed by atoms with Gasteiger partial charge in [-0.15, -0.1) is 0 Å². The van der Waals surface area contributed by atoms with E-state index in [0.717, 1.165) is 18.4 Å². The smallest absolute Gasteiger partial charge is 0.266 e. The van der Waals surface area contributed by atoms with E-state index in [9.17, 15) is 9.90 Å². The van der Waals surface area contributed by atoms with Gasteiger partial charge < -0.3 is 9.84 Å². The zero-order chi connectivity index (χ0) is 20.1. The molecule has 28 heavy (non-hydrogen) atoms. The van der Waals surface area contributed by atoms with Gasteiger partial charge in [-0.3, -0.25) is 9.69 Å². The lowest BCUT2D eigenvalue weighted by Crippen LogP contribution is -2.29. The number of phenols is 1. The zero-order valence-electron chi connectivity index (χ0n) is 15.4. The van der Waals surface area contributed by atoms with Crippen LogP contribution in [-0.2, 0) is 11.2 Å². The van der Waals surface area contributed by atoms with Gasteiger partial charge >= 0.3 is 0 Å². The minimum absolute atomic E-state index is 0.0549. The van der Waals surface area contributed by atoms with Crippen LogP contribution < -0.4 is 4.74 Å². The summed E-state index contributed by atoms with van der Waals surface area (Å²) in [5.74, 6) is 0.357. The second-order valence-corrected chi connectivity index (χ2v) is 8.73. The molecule has 2 aromatic rings. The van der Waals surface area contributed by atoms with Gasteiger partial charge in [-0.25, -0.2) is 0 Å². The number of phenolic OH excluding ortho intramolecular Hbond substituents is 1. The van der Waals surface area contributed by atoms with Crippen molar-refractivity contribution in [1.82, 2.24) is 4.90 Å². The molecule has 0 bridgehead atoms. The number of hydrogen-bond donors (Lipinski definition) is 1. The Morgan fingerprint density at radius 2 is 2.04 bits per heavy atom. The first-order valence-corrected chi connectivity index (χ1v) is 11.0. The Morgan fingerprint density at radius 1 is 1.29 bits per heavy atom. The molecule has 0 unspecified atom stereocenters. The van der Waals surface area contributed by atoms with E-state index in [1.807, 2.05) is 25.1 Å². The van der Waals surface area contributed by atoms with Gasteiger partial charge in [-0.1, -0.05) is 70.2 Å². The second-order valence-electron chi connectivity index (χ2n) is 6.20. The Morgan fingerprint density at radius 3 is 2.75 bits per heavy atom. The van der Waals surface area contributed by atoms with Crippen LogP contribution >= 0.6 is 39.9 Å². The number of carbonyl (C=O) groups excluding carboxylic acids is 1. The summed E-state index contributed by atoms with van der Waals surface area (Å²) in [6, 6.07) is 13.5. The number of thiocarbonyl (C=S) groups is 1. The number of carbonyl (C=O) groups is 1. The molecule has 2 aromatic carbocycles. The topological polar surface area (TPSA) is 49.8 Å². The number of benzene rings is 2.